The first kappa shape index (κ1) is 14.0. The maximum Gasteiger partial charge on any atom is 0.406 e. The van der Waals surface area contributed by atoms with E-state index in [0.29, 0.717) is 4.90 Å². The summed E-state index contributed by atoms with van der Waals surface area (Å²) in [6, 6.07) is 0. The van der Waals surface area contributed by atoms with Crippen molar-refractivity contribution in [1.29, 1.82) is 0 Å². The molecule has 0 aromatic heterocycles. The average molecular weight is 251 g/mol. The molecular weight excluding hydrogens is 235 g/mol. The van der Waals surface area contributed by atoms with E-state index in [1.807, 2.05) is 0 Å². The highest BCUT2D eigenvalue weighted by Gasteiger charge is 2.65. The Labute approximate surface area is 98.0 Å². The normalized spacial score (nSPS) is 20.2. The minimum absolute atomic E-state index is 0.299. The van der Waals surface area contributed by atoms with E-state index in [-0.39, 0.29) is 11.8 Å². The first-order valence-electron chi connectivity index (χ1n) is 5.48. The van der Waals surface area contributed by atoms with Crippen molar-refractivity contribution >= 4 is 11.8 Å². The van der Waals surface area contributed by atoms with Crippen molar-refractivity contribution in [3.8, 4) is 0 Å². The van der Waals surface area contributed by atoms with Gasteiger partial charge in [-0.3, -0.25) is 14.5 Å². The van der Waals surface area contributed by atoms with Gasteiger partial charge >= 0.3 is 6.18 Å². The predicted octanol–water partition coefficient (Wildman–Crippen LogP) is 2.22. The number of alkyl halides is 3. The van der Waals surface area contributed by atoms with Gasteiger partial charge in [0.15, 0.2) is 0 Å². The molecule has 0 saturated carbocycles. The molecule has 17 heavy (non-hydrogen) atoms. The Kier molecular flexibility index (Phi) is 3.29. The molecule has 1 saturated heterocycles. The van der Waals surface area contributed by atoms with Gasteiger partial charge < -0.3 is 0 Å². The number of hydrogen-bond donors (Lipinski definition) is 0. The molecule has 2 amide bonds. The summed E-state index contributed by atoms with van der Waals surface area (Å²) in [5.41, 5.74) is -1.27. The average Bonchev–Trinajstić information content (AvgIpc) is 2.12. The molecule has 0 aromatic carbocycles. The van der Waals surface area contributed by atoms with Gasteiger partial charge in [0.25, 0.3) is 0 Å². The molecule has 0 atom stereocenters. The molecule has 0 radical (unpaired) electrons. The van der Waals surface area contributed by atoms with Crippen LogP contribution in [0.4, 0.5) is 13.2 Å². The fourth-order valence-electron chi connectivity index (χ4n) is 2.55. The van der Waals surface area contributed by atoms with Crippen LogP contribution in [-0.2, 0) is 9.59 Å². The number of β-lactam (4-membered cyclic amide) rings is 2. The number of rotatable bonds is 3. The summed E-state index contributed by atoms with van der Waals surface area (Å²) in [5, 5.41) is 0. The largest absolute Gasteiger partial charge is 0.406 e. The number of likely N-dealkylation sites (tertiary alicyclic amines) is 1. The molecule has 0 N–H and O–H groups in total. The third kappa shape index (κ3) is 1.93. The maximum atomic E-state index is 12.2. The summed E-state index contributed by atoms with van der Waals surface area (Å²) >= 11 is 0. The summed E-state index contributed by atoms with van der Waals surface area (Å²) in [6.45, 7) is 5.24. The van der Waals surface area contributed by atoms with Gasteiger partial charge in [-0.05, 0) is 11.8 Å². The van der Waals surface area contributed by atoms with E-state index >= 15 is 0 Å². The fraction of sp³-hybridized carbons (Fsp3) is 0.818. The summed E-state index contributed by atoms with van der Waals surface area (Å²) in [5.74, 6) is -2.01. The number of imide groups is 1. The lowest BCUT2D eigenvalue weighted by Crippen LogP contribution is -2.71. The van der Waals surface area contributed by atoms with Crippen molar-refractivity contribution in [2.75, 3.05) is 6.54 Å². The van der Waals surface area contributed by atoms with Crippen molar-refractivity contribution in [2.24, 2.45) is 17.3 Å². The molecule has 0 aromatic rings. The third-order valence-corrected chi connectivity index (χ3v) is 3.36. The quantitative estimate of drug-likeness (QED) is 0.569. The van der Waals surface area contributed by atoms with Gasteiger partial charge in [-0.25, -0.2) is 0 Å². The number of nitrogens with zero attached hydrogens (tertiary/aromatic N) is 1. The van der Waals surface area contributed by atoms with Gasteiger partial charge in [0, 0.05) is 0 Å². The smallest absolute Gasteiger partial charge is 0.273 e. The molecule has 1 fully saturated rings. The first-order valence-corrected chi connectivity index (χ1v) is 5.48. The van der Waals surface area contributed by atoms with E-state index in [0.717, 1.165) is 0 Å². The van der Waals surface area contributed by atoms with Gasteiger partial charge in [0.2, 0.25) is 11.8 Å². The van der Waals surface area contributed by atoms with Gasteiger partial charge in [0.1, 0.15) is 12.0 Å². The zero-order valence-electron chi connectivity index (χ0n) is 10.3. The van der Waals surface area contributed by atoms with Gasteiger partial charge in [-0.2, -0.15) is 13.2 Å². The summed E-state index contributed by atoms with van der Waals surface area (Å²) in [6.07, 6.45) is -4.54. The molecular formula is C11H16F3NO2. The van der Waals surface area contributed by atoms with Crippen molar-refractivity contribution in [2.45, 2.75) is 33.9 Å². The Morgan fingerprint density at radius 3 is 1.65 bits per heavy atom. The van der Waals surface area contributed by atoms with Crippen LogP contribution >= 0.6 is 0 Å². The Bertz CT molecular complexity index is 321. The Morgan fingerprint density at radius 1 is 1.06 bits per heavy atom. The monoisotopic (exact) mass is 251 g/mol. The number of amides is 2. The highest BCUT2D eigenvalue weighted by molar-refractivity contribution is 6.22. The van der Waals surface area contributed by atoms with E-state index in [2.05, 4.69) is 0 Å². The summed E-state index contributed by atoms with van der Waals surface area (Å²) in [4.78, 5) is 24.0. The van der Waals surface area contributed by atoms with Crippen LogP contribution in [0.2, 0.25) is 0 Å². The lowest BCUT2D eigenvalue weighted by molar-refractivity contribution is -0.203. The lowest BCUT2D eigenvalue weighted by Gasteiger charge is -2.51. The molecule has 6 heteroatoms. The molecule has 0 bridgehead atoms. The molecule has 0 aliphatic carbocycles. The highest BCUT2D eigenvalue weighted by atomic mass is 19.4. The first-order chi connectivity index (χ1) is 7.55. The molecule has 98 valence electrons. The highest BCUT2D eigenvalue weighted by Crippen LogP contribution is 2.47. The van der Waals surface area contributed by atoms with Crippen LogP contribution in [0.15, 0.2) is 0 Å². The second-order valence-corrected chi connectivity index (χ2v) is 4.99. The maximum absolute atomic E-state index is 12.2. The van der Waals surface area contributed by atoms with E-state index in [9.17, 15) is 22.8 Å². The molecule has 3 nitrogen and oxygen atoms in total. The molecule has 1 aliphatic heterocycles. The molecule has 1 aliphatic rings. The van der Waals surface area contributed by atoms with E-state index in [4.69, 9.17) is 0 Å². The number of carbonyl (C=O) groups excluding carboxylic acids is 2. The third-order valence-electron chi connectivity index (χ3n) is 3.36. The van der Waals surface area contributed by atoms with Crippen LogP contribution in [0.3, 0.4) is 0 Å². The minimum atomic E-state index is -4.54. The lowest BCUT2D eigenvalue weighted by atomic mass is 9.62. The van der Waals surface area contributed by atoms with Crippen molar-refractivity contribution in [3.63, 3.8) is 0 Å². The molecule has 1 rings (SSSR count). The van der Waals surface area contributed by atoms with Gasteiger partial charge in [-0.15, -0.1) is 0 Å². The Hall–Kier alpha value is -1.07. The van der Waals surface area contributed by atoms with Gasteiger partial charge in [0.05, 0.1) is 0 Å². The summed E-state index contributed by atoms with van der Waals surface area (Å²) in [7, 11) is 0. The van der Waals surface area contributed by atoms with Crippen LogP contribution in [0, 0.1) is 17.3 Å². The van der Waals surface area contributed by atoms with Crippen LogP contribution in [0.1, 0.15) is 27.7 Å². The SMILES string of the molecule is CC(C)C1(C(C)C)C(=O)N(CC(F)(F)F)C1=O. The van der Waals surface area contributed by atoms with Crippen LogP contribution in [0.25, 0.3) is 0 Å². The number of carbonyl (C=O) groups is 2. The number of halogens is 3. The van der Waals surface area contributed by atoms with Crippen molar-refractivity contribution < 1.29 is 22.8 Å². The molecule has 1 heterocycles. The topological polar surface area (TPSA) is 37.4 Å². The molecule has 0 unspecified atom stereocenters. The Morgan fingerprint density at radius 2 is 1.41 bits per heavy atom. The zero-order valence-corrected chi connectivity index (χ0v) is 10.3. The second kappa shape index (κ2) is 3.99. The van der Waals surface area contributed by atoms with E-state index in [1.165, 1.54) is 0 Å². The van der Waals surface area contributed by atoms with Crippen LogP contribution in [-0.4, -0.2) is 29.4 Å². The fourth-order valence-corrected chi connectivity index (χ4v) is 2.55. The summed E-state index contributed by atoms with van der Waals surface area (Å²) < 4.78 is 36.5. The Balaban J connectivity index is 2.97. The van der Waals surface area contributed by atoms with Crippen molar-refractivity contribution in [1.82, 2.24) is 4.90 Å². The predicted molar refractivity (Wildman–Crippen MR) is 54.9 cm³/mol. The molecule has 0 spiro atoms. The standard InChI is InChI=1S/C11H16F3NO2/c1-6(2)11(7(3)4)8(16)15(9(11)17)5-10(12,13)14/h6-7H,5H2,1-4H3. The second-order valence-electron chi connectivity index (χ2n) is 4.99. The van der Waals surface area contributed by atoms with Crippen LogP contribution < -0.4 is 0 Å². The van der Waals surface area contributed by atoms with E-state index in [1.54, 1.807) is 27.7 Å². The minimum Gasteiger partial charge on any atom is -0.273 e. The zero-order chi connectivity index (χ0) is 13.6. The van der Waals surface area contributed by atoms with Crippen LogP contribution in [0.5, 0.6) is 0 Å². The van der Waals surface area contributed by atoms with E-state index < -0.39 is 30.0 Å². The number of hydrogen-bond acceptors (Lipinski definition) is 2. The van der Waals surface area contributed by atoms with Gasteiger partial charge in [-0.1, -0.05) is 27.7 Å². The van der Waals surface area contributed by atoms with Crippen molar-refractivity contribution in [3.05, 3.63) is 0 Å².